The topological polar surface area (TPSA) is 70.7 Å². The van der Waals surface area contributed by atoms with Crippen LogP contribution in [0.5, 0.6) is 5.75 Å². The summed E-state index contributed by atoms with van der Waals surface area (Å²) in [5.41, 5.74) is 4.20. The number of hydrogen-bond acceptors (Lipinski definition) is 4. The maximum absolute atomic E-state index is 12.8. The van der Waals surface area contributed by atoms with Crippen LogP contribution in [0.4, 0.5) is 0 Å². The summed E-state index contributed by atoms with van der Waals surface area (Å²) in [5.74, 6) is 1.05. The van der Waals surface area contributed by atoms with E-state index in [1.165, 1.54) is 17.3 Å². The molecule has 2 aromatic carbocycles. The second-order valence-corrected chi connectivity index (χ2v) is 9.46. The molecule has 0 unspecified atom stereocenters. The second kappa shape index (κ2) is 9.80. The number of rotatable bonds is 7. The number of benzene rings is 2. The lowest BCUT2D eigenvalue weighted by atomic mass is 10.0. The van der Waals surface area contributed by atoms with E-state index in [4.69, 9.17) is 10.1 Å². The second-order valence-electron chi connectivity index (χ2n) is 8.63. The van der Waals surface area contributed by atoms with Gasteiger partial charge in [0.05, 0.1) is 17.8 Å². The Labute approximate surface area is 209 Å². The molecule has 2 aliphatic heterocycles. The van der Waals surface area contributed by atoms with Crippen molar-refractivity contribution in [3.8, 4) is 5.75 Å². The lowest BCUT2D eigenvalue weighted by Gasteiger charge is -2.27. The molecule has 6 nitrogen and oxygen atoms in total. The zero-order valence-corrected chi connectivity index (χ0v) is 20.5. The molecule has 0 saturated carbocycles. The fourth-order valence-electron chi connectivity index (χ4n) is 4.04. The Balaban J connectivity index is 1.31. The van der Waals surface area contributed by atoms with Gasteiger partial charge in [-0.05, 0) is 47.4 Å². The van der Waals surface area contributed by atoms with Crippen molar-refractivity contribution in [1.82, 2.24) is 9.47 Å². The normalized spacial score (nSPS) is 16.5. The van der Waals surface area contributed by atoms with Crippen LogP contribution in [-0.4, -0.2) is 33.0 Å². The average Bonchev–Trinajstić information content (AvgIpc) is 3.49. The van der Waals surface area contributed by atoms with Crippen LogP contribution in [0.15, 0.2) is 88.9 Å². The lowest BCUT2D eigenvalue weighted by Crippen LogP contribution is -2.38. The van der Waals surface area contributed by atoms with E-state index in [0.717, 1.165) is 22.7 Å². The molecular formula is C28H26N4O2S. The molecule has 7 heteroatoms. The molecular weight excluding hydrogens is 456 g/mol. The summed E-state index contributed by atoms with van der Waals surface area (Å²) in [5, 5.41) is 11.3. The molecule has 2 aliphatic rings. The summed E-state index contributed by atoms with van der Waals surface area (Å²) >= 11 is 1.36. The van der Waals surface area contributed by atoms with Crippen molar-refractivity contribution in [2.45, 2.75) is 26.3 Å². The number of nitrogens with one attached hydrogen (secondary N) is 1. The van der Waals surface area contributed by atoms with Gasteiger partial charge in [0.1, 0.15) is 18.2 Å². The maximum atomic E-state index is 12.8. The summed E-state index contributed by atoms with van der Waals surface area (Å²) in [4.78, 5) is 18.8. The SMILES string of the molecule is CC(C)c1ccc(OCCn2cccc2/C=C2/C(=N)N3C(c4ccccc4)=CSC3=NC2=O)cc1. The van der Waals surface area contributed by atoms with Gasteiger partial charge in [0, 0.05) is 17.3 Å². The quantitative estimate of drug-likeness (QED) is 0.420. The predicted octanol–water partition coefficient (Wildman–Crippen LogP) is 5.99. The first-order valence-electron chi connectivity index (χ1n) is 11.5. The molecule has 3 aromatic rings. The van der Waals surface area contributed by atoms with Gasteiger partial charge in [-0.15, -0.1) is 0 Å². The first kappa shape index (κ1) is 22.9. The average molecular weight is 483 g/mol. The van der Waals surface area contributed by atoms with Crippen LogP contribution in [-0.2, 0) is 11.3 Å². The summed E-state index contributed by atoms with van der Waals surface area (Å²) in [6, 6.07) is 21.9. The van der Waals surface area contributed by atoms with Crippen LogP contribution in [0.1, 0.15) is 36.6 Å². The van der Waals surface area contributed by atoms with E-state index in [1.807, 2.05) is 70.8 Å². The monoisotopic (exact) mass is 482 g/mol. The Morgan fingerprint density at radius 2 is 1.83 bits per heavy atom. The van der Waals surface area contributed by atoms with Crippen LogP contribution in [0.2, 0.25) is 0 Å². The predicted molar refractivity (Wildman–Crippen MR) is 142 cm³/mol. The van der Waals surface area contributed by atoms with Crippen molar-refractivity contribution in [2.75, 3.05) is 6.61 Å². The van der Waals surface area contributed by atoms with Gasteiger partial charge in [-0.2, -0.15) is 4.99 Å². The minimum atomic E-state index is -0.397. The van der Waals surface area contributed by atoms with Gasteiger partial charge in [0.25, 0.3) is 5.91 Å². The van der Waals surface area contributed by atoms with Crippen LogP contribution in [0.3, 0.4) is 0 Å². The Hall–Kier alpha value is -3.84. The van der Waals surface area contributed by atoms with E-state index < -0.39 is 5.91 Å². The molecule has 5 rings (SSSR count). The minimum Gasteiger partial charge on any atom is -0.492 e. The highest BCUT2D eigenvalue weighted by atomic mass is 32.2. The molecule has 35 heavy (non-hydrogen) atoms. The van der Waals surface area contributed by atoms with Crippen molar-refractivity contribution in [3.63, 3.8) is 0 Å². The van der Waals surface area contributed by atoms with Crippen LogP contribution in [0, 0.1) is 5.41 Å². The third-order valence-corrected chi connectivity index (χ3v) is 6.81. The molecule has 1 N–H and O–H groups in total. The van der Waals surface area contributed by atoms with Gasteiger partial charge in [-0.25, -0.2) is 0 Å². The van der Waals surface area contributed by atoms with Gasteiger partial charge in [0.15, 0.2) is 5.17 Å². The maximum Gasteiger partial charge on any atom is 0.283 e. The number of carbonyl (C=O) groups excluding carboxylic acids is 1. The number of amides is 1. The van der Waals surface area contributed by atoms with Crippen molar-refractivity contribution in [2.24, 2.45) is 4.99 Å². The van der Waals surface area contributed by atoms with Gasteiger partial charge in [-0.1, -0.05) is 68.1 Å². The minimum absolute atomic E-state index is 0.134. The number of aliphatic imine (C=N–C) groups is 1. The van der Waals surface area contributed by atoms with E-state index in [0.29, 0.717) is 24.2 Å². The van der Waals surface area contributed by atoms with Gasteiger partial charge < -0.3 is 9.30 Å². The largest absolute Gasteiger partial charge is 0.492 e. The highest BCUT2D eigenvalue weighted by Gasteiger charge is 2.36. The van der Waals surface area contributed by atoms with Crippen molar-refractivity contribution in [3.05, 3.63) is 101 Å². The first-order chi connectivity index (χ1) is 17.0. The number of nitrogens with zero attached hydrogens (tertiary/aromatic N) is 3. The van der Waals surface area contributed by atoms with Gasteiger partial charge in [-0.3, -0.25) is 15.1 Å². The molecule has 0 atom stereocenters. The Morgan fingerprint density at radius 1 is 1.06 bits per heavy atom. The molecule has 0 aliphatic carbocycles. The third-order valence-electron chi connectivity index (χ3n) is 5.99. The Morgan fingerprint density at radius 3 is 2.57 bits per heavy atom. The number of fused-ring (bicyclic) bond motifs is 1. The molecule has 0 fully saturated rings. The van der Waals surface area contributed by atoms with Crippen LogP contribution in [0.25, 0.3) is 11.8 Å². The van der Waals surface area contributed by atoms with Crippen LogP contribution >= 0.6 is 11.8 Å². The summed E-state index contributed by atoms with van der Waals surface area (Å²) in [7, 11) is 0. The summed E-state index contributed by atoms with van der Waals surface area (Å²) in [6.07, 6.45) is 3.69. The molecule has 1 aromatic heterocycles. The molecule has 3 heterocycles. The zero-order chi connectivity index (χ0) is 24.4. The van der Waals surface area contributed by atoms with E-state index in [1.54, 1.807) is 11.0 Å². The van der Waals surface area contributed by atoms with Crippen molar-refractivity contribution >= 4 is 40.4 Å². The standard InChI is InChI=1S/C28H26N4O2S/c1-19(2)20-10-12-23(13-11-20)34-16-15-31-14-6-9-22(31)17-24-26(29)32-25(21-7-4-3-5-8-21)18-35-28(32)30-27(24)33/h3-14,17-19,29H,15-16H2,1-2H3/b24-17-,29-26?. The van der Waals surface area contributed by atoms with Crippen molar-refractivity contribution < 1.29 is 9.53 Å². The number of aromatic nitrogens is 1. The van der Waals surface area contributed by atoms with Gasteiger partial charge >= 0.3 is 0 Å². The Bertz CT molecular complexity index is 1350. The van der Waals surface area contributed by atoms with E-state index in [-0.39, 0.29) is 11.4 Å². The molecule has 1 amide bonds. The number of amidine groups is 2. The first-order valence-corrected chi connectivity index (χ1v) is 12.4. The van der Waals surface area contributed by atoms with Gasteiger partial charge in [0.2, 0.25) is 0 Å². The molecule has 0 saturated heterocycles. The third kappa shape index (κ3) is 4.72. The number of ether oxygens (including phenoxy) is 1. The molecule has 0 radical (unpaired) electrons. The smallest absolute Gasteiger partial charge is 0.283 e. The van der Waals surface area contributed by atoms with E-state index in [9.17, 15) is 4.79 Å². The fraction of sp³-hybridized carbons (Fsp3) is 0.179. The summed E-state index contributed by atoms with van der Waals surface area (Å²) < 4.78 is 7.95. The van der Waals surface area contributed by atoms with Crippen molar-refractivity contribution in [1.29, 1.82) is 5.41 Å². The highest BCUT2D eigenvalue weighted by Crippen LogP contribution is 2.37. The van der Waals surface area contributed by atoms with E-state index >= 15 is 0 Å². The number of carbonyl (C=O) groups is 1. The molecule has 0 spiro atoms. The lowest BCUT2D eigenvalue weighted by molar-refractivity contribution is -0.114. The fourth-order valence-corrected chi connectivity index (χ4v) is 4.92. The number of hydrogen-bond donors (Lipinski definition) is 1. The Kier molecular flexibility index (Phi) is 6.42. The highest BCUT2D eigenvalue weighted by molar-refractivity contribution is 8.17. The summed E-state index contributed by atoms with van der Waals surface area (Å²) in [6.45, 7) is 5.44. The molecule has 176 valence electrons. The van der Waals surface area contributed by atoms with E-state index in [2.05, 4.69) is 31.0 Å². The molecule has 0 bridgehead atoms. The number of thioether (sulfide) groups is 1. The van der Waals surface area contributed by atoms with Crippen LogP contribution < -0.4 is 4.74 Å². The zero-order valence-electron chi connectivity index (χ0n) is 19.6.